The molecule has 2 aliphatic rings. The summed E-state index contributed by atoms with van der Waals surface area (Å²) in [5.74, 6) is 0.0317. The third kappa shape index (κ3) is 2.71. The van der Waals surface area contributed by atoms with Gasteiger partial charge in [-0.1, -0.05) is 6.42 Å². The largest absolute Gasteiger partial charge is 0.480 e. The number of carboxylic acid groups (broad SMARTS) is 1. The molecular weight excluding hydrogens is 272 g/mol. The Morgan fingerprint density at radius 2 is 2.28 bits per heavy atom. The molecule has 1 heterocycles. The Kier molecular flexibility index (Phi) is 4.32. The molecule has 1 aliphatic carbocycles. The highest BCUT2D eigenvalue weighted by Crippen LogP contribution is 2.42. The van der Waals surface area contributed by atoms with Gasteiger partial charge in [-0.25, -0.2) is 9.59 Å². The van der Waals surface area contributed by atoms with Gasteiger partial charge in [-0.3, -0.25) is 0 Å². The molecule has 2 fully saturated rings. The van der Waals surface area contributed by atoms with Crippen LogP contribution in [0.5, 0.6) is 0 Å². The van der Waals surface area contributed by atoms with Gasteiger partial charge in [0.2, 0.25) is 0 Å². The first kappa shape index (κ1) is 13.9. The lowest BCUT2D eigenvalue weighted by atomic mass is 9.84. The van der Waals surface area contributed by atoms with Gasteiger partial charge in [0.25, 0.3) is 0 Å². The van der Waals surface area contributed by atoms with Crippen molar-refractivity contribution >= 4 is 35.5 Å². The van der Waals surface area contributed by atoms with E-state index < -0.39 is 12.0 Å². The Hall–Kier alpha value is -0.560. The first-order chi connectivity index (χ1) is 8.58. The van der Waals surface area contributed by atoms with Crippen LogP contribution in [0.25, 0.3) is 0 Å². The zero-order valence-electron chi connectivity index (χ0n) is 10.3. The molecular formula is C11H18N2O3S2. The minimum Gasteiger partial charge on any atom is -0.480 e. The third-order valence-electron chi connectivity index (χ3n) is 3.69. The Balaban J connectivity index is 1.86. The Morgan fingerprint density at radius 3 is 2.78 bits per heavy atom. The number of nitrogens with zero attached hydrogens (tertiary/aromatic N) is 1. The molecule has 2 amide bonds. The summed E-state index contributed by atoms with van der Waals surface area (Å²) in [5.41, 5.74) is 0. The highest BCUT2D eigenvalue weighted by molar-refractivity contribution is 8.00. The second-order valence-corrected chi connectivity index (χ2v) is 7.00. The maximum atomic E-state index is 12.0. The highest BCUT2D eigenvalue weighted by Gasteiger charge is 2.39. The number of aliphatic carboxylic acids is 1. The second-order valence-electron chi connectivity index (χ2n) is 4.72. The van der Waals surface area contributed by atoms with Crippen molar-refractivity contribution < 1.29 is 14.7 Å². The van der Waals surface area contributed by atoms with Gasteiger partial charge >= 0.3 is 12.0 Å². The second kappa shape index (κ2) is 5.61. The number of thioether (sulfide) groups is 2. The van der Waals surface area contributed by atoms with Crippen molar-refractivity contribution in [2.45, 2.75) is 30.1 Å². The molecule has 1 unspecified atom stereocenters. The molecule has 5 nitrogen and oxygen atoms in total. The summed E-state index contributed by atoms with van der Waals surface area (Å²) in [5, 5.41) is 11.9. The molecule has 2 N–H and O–H groups in total. The predicted octanol–water partition coefficient (Wildman–Crippen LogP) is 1.44. The van der Waals surface area contributed by atoms with Crippen LogP contribution in [0.15, 0.2) is 0 Å². The number of amides is 2. The number of carbonyl (C=O) groups is 2. The van der Waals surface area contributed by atoms with Crippen molar-refractivity contribution in [2.75, 3.05) is 24.4 Å². The van der Waals surface area contributed by atoms with Crippen molar-refractivity contribution in [3.8, 4) is 0 Å². The molecule has 18 heavy (non-hydrogen) atoms. The zero-order chi connectivity index (χ0) is 13.2. The third-order valence-corrected chi connectivity index (χ3v) is 6.12. The van der Waals surface area contributed by atoms with Gasteiger partial charge in [-0.05, 0) is 19.1 Å². The summed E-state index contributed by atoms with van der Waals surface area (Å²) in [6, 6.07) is -0.922. The molecule has 0 aromatic carbocycles. The molecule has 0 bridgehead atoms. The van der Waals surface area contributed by atoms with Gasteiger partial charge in [-0.15, -0.1) is 11.8 Å². The fourth-order valence-electron chi connectivity index (χ4n) is 2.21. The van der Waals surface area contributed by atoms with E-state index >= 15 is 0 Å². The van der Waals surface area contributed by atoms with E-state index in [4.69, 9.17) is 5.11 Å². The van der Waals surface area contributed by atoms with Gasteiger partial charge in [0.05, 0.1) is 5.88 Å². The maximum Gasteiger partial charge on any atom is 0.327 e. The molecule has 102 valence electrons. The van der Waals surface area contributed by atoms with Crippen LogP contribution in [0.1, 0.15) is 19.3 Å². The average molecular weight is 290 g/mol. The fourth-order valence-corrected chi connectivity index (χ4v) is 4.27. The van der Waals surface area contributed by atoms with Crippen LogP contribution in [0, 0.1) is 0 Å². The summed E-state index contributed by atoms with van der Waals surface area (Å²) in [6.45, 7) is 0.639. The van der Waals surface area contributed by atoms with E-state index in [0.29, 0.717) is 18.2 Å². The Bertz CT molecular complexity index is 342. The summed E-state index contributed by atoms with van der Waals surface area (Å²) in [7, 11) is 0. The molecule has 0 aromatic heterocycles. The van der Waals surface area contributed by atoms with Crippen molar-refractivity contribution in [2.24, 2.45) is 0 Å². The van der Waals surface area contributed by atoms with Crippen LogP contribution in [-0.2, 0) is 4.79 Å². The normalized spacial score (nSPS) is 25.6. The van der Waals surface area contributed by atoms with E-state index in [1.165, 1.54) is 23.1 Å². The van der Waals surface area contributed by atoms with Crippen LogP contribution < -0.4 is 5.32 Å². The summed E-state index contributed by atoms with van der Waals surface area (Å²) >= 11 is 3.28. The first-order valence-corrected chi connectivity index (χ1v) is 8.36. The standard InChI is InChI=1S/C11H18N2O3S2/c1-17-11(3-2-4-11)6-12-10(16)13-7-18-5-8(13)9(14)15/h8H,2-7H2,1H3,(H,12,16)(H,14,15). The van der Waals surface area contributed by atoms with E-state index in [1.807, 2.05) is 0 Å². The molecule has 1 aliphatic heterocycles. The van der Waals surface area contributed by atoms with Crippen LogP contribution in [-0.4, -0.2) is 57.2 Å². The topological polar surface area (TPSA) is 69.6 Å². The molecule has 1 saturated carbocycles. The lowest BCUT2D eigenvalue weighted by Gasteiger charge is -2.40. The smallest absolute Gasteiger partial charge is 0.327 e. The molecule has 2 rings (SSSR count). The number of carbonyl (C=O) groups excluding carboxylic acids is 1. The predicted molar refractivity (Wildman–Crippen MR) is 74.1 cm³/mol. The maximum absolute atomic E-state index is 12.0. The number of urea groups is 1. The molecule has 7 heteroatoms. The molecule has 1 atom stereocenters. The van der Waals surface area contributed by atoms with Gasteiger partial charge in [0, 0.05) is 17.0 Å². The van der Waals surface area contributed by atoms with E-state index in [0.717, 1.165) is 12.8 Å². The van der Waals surface area contributed by atoms with Crippen molar-refractivity contribution in [3.63, 3.8) is 0 Å². The summed E-state index contributed by atoms with van der Waals surface area (Å²) in [6.07, 6.45) is 5.54. The van der Waals surface area contributed by atoms with E-state index in [1.54, 1.807) is 11.8 Å². The van der Waals surface area contributed by atoms with Gasteiger partial charge in [-0.2, -0.15) is 11.8 Å². The average Bonchev–Trinajstić information content (AvgIpc) is 2.76. The summed E-state index contributed by atoms with van der Waals surface area (Å²) in [4.78, 5) is 24.4. The number of rotatable bonds is 4. The first-order valence-electron chi connectivity index (χ1n) is 5.98. The van der Waals surface area contributed by atoms with E-state index in [-0.39, 0.29) is 10.8 Å². The number of hydrogen-bond donors (Lipinski definition) is 2. The van der Waals surface area contributed by atoms with E-state index in [9.17, 15) is 9.59 Å². The van der Waals surface area contributed by atoms with Crippen LogP contribution in [0.3, 0.4) is 0 Å². The fraction of sp³-hybridized carbons (Fsp3) is 0.818. The SMILES string of the molecule is CSC1(CNC(=O)N2CSCC2C(=O)O)CCC1. The Labute approximate surface area is 115 Å². The zero-order valence-corrected chi connectivity index (χ0v) is 12.0. The Morgan fingerprint density at radius 1 is 1.56 bits per heavy atom. The highest BCUT2D eigenvalue weighted by atomic mass is 32.2. The number of hydrogen-bond acceptors (Lipinski definition) is 4. The minimum absolute atomic E-state index is 0.182. The number of nitrogens with one attached hydrogen (secondary N) is 1. The van der Waals surface area contributed by atoms with Crippen molar-refractivity contribution in [1.82, 2.24) is 10.2 Å². The molecule has 0 radical (unpaired) electrons. The van der Waals surface area contributed by atoms with Crippen LogP contribution in [0.2, 0.25) is 0 Å². The molecule has 0 aromatic rings. The molecule has 1 saturated heterocycles. The molecule has 0 spiro atoms. The quantitative estimate of drug-likeness (QED) is 0.820. The number of carboxylic acids is 1. The van der Waals surface area contributed by atoms with Gasteiger partial charge in [0.15, 0.2) is 0 Å². The van der Waals surface area contributed by atoms with Crippen LogP contribution in [0.4, 0.5) is 4.79 Å². The van der Waals surface area contributed by atoms with Crippen LogP contribution >= 0.6 is 23.5 Å². The lowest BCUT2D eigenvalue weighted by Crippen LogP contribution is -2.52. The van der Waals surface area contributed by atoms with Crippen molar-refractivity contribution in [1.29, 1.82) is 0 Å². The minimum atomic E-state index is -0.918. The lowest BCUT2D eigenvalue weighted by molar-refractivity contribution is -0.140. The summed E-state index contributed by atoms with van der Waals surface area (Å²) < 4.78 is 0.182. The van der Waals surface area contributed by atoms with E-state index in [2.05, 4.69) is 11.6 Å². The van der Waals surface area contributed by atoms with Gasteiger partial charge < -0.3 is 15.3 Å². The van der Waals surface area contributed by atoms with Gasteiger partial charge in [0.1, 0.15) is 6.04 Å². The monoisotopic (exact) mass is 290 g/mol. The van der Waals surface area contributed by atoms with Crippen molar-refractivity contribution in [3.05, 3.63) is 0 Å².